The van der Waals surface area contributed by atoms with Crippen molar-refractivity contribution in [1.29, 1.82) is 0 Å². The molecule has 0 saturated heterocycles. The van der Waals surface area contributed by atoms with Gasteiger partial charge in [0.1, 0.15) is 6.61 Å². The van der Waals surface area contributed by atoms with Crippen LogP contribution in [0.2, 0.25) is 0 Å². The van der Waals surface area contributed by atoms with Crippen LogP contribution in [0.25, 0.3) is 20.5 Å². The van der Waals surface area contributed by atoms with Crippen molar-refractivity contribution in [2.45, 2.75) is 31.1 Å². The second-order valence-corrected chi connectivity index (χ2v) is 11.5. The predicted octanol–water partition coefficient (Wildman–Crippen LogP) is 4.77. The van der Waals surface area contributed by atoms with E-state index in [1.807, 2.05) is 42.5 Å². The smallest absolute Gasteiger partial charge is 0.263 e. The molecule has 7 nitrogen and oxygen atoms in total. The molecule has 0 aliphatic heterocycles. The van der Waals surface area contributed by atoms with E-state index in [9.17, 15) is 13.5 Å². The fraction of sp³-hybridized carbons (Fsp3) is 0.292. The Hall–Kier alpha value is -2.88. The second-order valence-electron chi connectivity index (χ2n) is 8.75. The van der Waals surface area contributed by atoms with Crippen molar-refractivity contribution in [3.8, 4) is 16.3 Å². The molecule has 0 spiro atoms. The number of thiophene rings is 1. The molecule has 2 aromatic carbocycles. The molecule has 0 saturated carbocycles. The number of rotatable bonds is 7. The van der Waals surface area contributed by atoms with Crippen molar-refractivity contribution >= 4 is 37.3 Å². The number of hydrogen-bond donors (Lipinski definition) is 2. The molecule has 4 rings (SSSR count). The van der Waals surface area contributed by atoms with E-state index in [4.69, 9.17) is 4.74 Å². The minimum absolute atomic E-state index is 0.0510. The van der Waals surface area contributed by atoms with Gasteiger partial charge in [-0.2, -0.15) is 0 Å². The Morgan fingerprint density at radius 1 is 1.12 bits per heavy atom. The maximum Gasteiger partial charge on any atom is 0.263 e. The fourth-order valence-electron chi connectivity index (χ4n) is 3.51. The largest absolute Gasteiger partial charge is 0.474 e. The molecule has 0 atom stereocenters. The van der Waals surface area contributed by atoms with Crippen molar-refractivity contribution in [1.82, 2.24) is 9.78 Å². The standard InChI is InChI=1S/C24H27N3O4S2/c1-24(2,3)17-9-11-18(12-10-17)33(29,30)26-22-21(23(25-27(22)4)31-14-13-28)20-15-16-7-5-6-8-19(16)32-20/h5-12,15,26,28H,13-14H2,1-4H3. The van der Waals surface area contributed by atoms with Crippen LogP contribution >= 0.6 is 11.3 Å². The van der Waals surface area contributed by atoms with E-state index in [0.717, 1.165) is 20.5 Å². The van der Waals surface area contributed by atoms with Gasteiger partial charge >= 0.3 is 0 Å². The lowest BCUT2D eigenvalue weighted by atomic mass is 9.87. The topological polar surface area (TPSA) is 93.4 Å². The highest BCUT2D eigenvalue weighted by Gasteiger charge is 2.26. The number of aliphatic hydroxyl groups is 1. The maximum absolute atomic E-state index is 13.3. The minimum Gasteiger partial charge on any atom is -0.474 e. The van der Waals surface area contributed by atoms with Crippen molar-refractivity contribution in [2.24, 2.45) is 7.05 Å². The third-order valence-corrected chi connectivity index (χ3v) is 7.77. The summed E-state index contributed by atoms with van der Waals surface area (Å²) in [7, 11) is -2.22. The van der Waals surface area contributed by atoms with E-state index in [2.05, 4.69) is 30.6 Å². The number of anilines is 1. The van der Waals surface area contributed by atoms with Gasteiger partial charge in [-0.3, -0.25) is 4.72 Å². The number of sulfonamides is 1. The van der Waals surface area contributed by atoms with Gasteiger partial charge in [0, 0.05) is 16.6 Å². The Morgan fingerprint density at radius 2 is 1.82 bits per heavy atom. The summed E-state index contributed by atoms with van der Waals surface area (Å²) in [5.41, 5.74) is 1.51. The highest BCUT2D eigenvalue weighted by Crippen LogP contribution is 2.43. The van der Waals surface area contributed by atoms with Gasteiger partial charge in [0.15, 0.2) is 5.82 Å². The number of aryl methyl sites for hydroxylation is 1. The van der Waals surface area contributed by atoms with Gasteiger partial charge in [-0.05, 0) is 40.6 Å². The lowest BCUT2D eigenvalue weighted by molar-refractivity contribution is 0.196. The number of nitrogens with one attached hydrogen (secondary N) is 1. The number of fused-ring (bicyclic) bond motifs is 1. The van der Waals surface area contributed by atoms with Crippen molar-refractivity contribution in [3.63, 3.8) is 0 Å². The van der Waals surface area contributed by atoms with E-state index in [0.29, 0.717) is 11.4 Å². The van der Waals surface area contributed by atoms with E-state index in [1.54, 1.807) is 19.2 Å². The van der Waals surface area contributed by atoms with Crippen molar-refractivity contribution < 1.29 is 18.3 Å². The summed E-state index contributed by atoms with van der Waals surface area (Å²) in [6, 6.07) is 16.8. The first-order valence-corrected chi connectivity index (χ1v) is 12.8. The van der Waals surface area contributed by atoms with E-state index in [1.165, 1.54) is 16.0 Å². The average Bonchev–Trinajstić information content (AvgIpc) is 3.32. The molecule has 0 bridgehead atoms. The molecule has 2 N–H and O–H groups in total. The maximum atomic E-state index is 13.3. The lowest BCUT2D eigenvalue weighted by Gasteiger charge is -2.19. The van der Waals surface area contributed by atoms with Crippen molar-refractivity contribution in [2.75, 3.05) is 17.9 Å². The molecule has 9 heteroatoms. The van der Waals surface area contributed by atoms with Gasteiger partial charge in [-0.25, -0.2) is 13.1 Å². The monoisotopic (exact) mass is 485 g/mol. The molecule has 4 aromatic rings. The Bertz CT molecular complexity index is 1350. The summed E-state index contributed by atoms with van der Waals surface area (Å²) in [5, 5.41) is 14.7. The fourth-order valence-corrected chi connectivity index (χ4v) is 5.71. The lowest BCUT2D eigenvalue weighted by Crippen LogP contribution is -2.17. The number of nitrogens with zero attached hydrogens (tertiary/aromatic N) is 2. The average molecular weight is 486 g/mol. The molecular formula is C24H27N3O4S2. The molecule has 0 amide bonds. The van der Waals surface area contributed by atoms with E-state index < -0.39 is 10.0 Å². The number of hydrogen-bond acceptors (Lipinski definition) is 6. The van der Waals surface area contributed by atoms with Crippen LogP contribution in [0.1, 0.15) is 26.3 Å². The molecule has 2 heterocycles. The highest BCUT2D eigenvalue weighted by molar-refractivity contribution is 7.92. The van der Waals surface area contributed by atoms with Gasteiger partial charge < -0.3 is 9.84 Å². The molecule has 0 unspecified atom stereocenters. The highest BCUT2D eigenvalue weighted by atomic mass is 32.2. The van der Waals surface area contributed by atoms with Crippen LogP contribution < -0.4 is 9.46 Å². The SMILES string of the molecule is Cn1nc(OCCO)c(-c2cc3ccccc3s2)c1NS(=O)(=O)c1ccc(C(C)(C)C)cc1. The first-order chi connectivity index (χ1) is 15.6. The Labute approximate surface area is 197 Å². The number of aliphatic hydroxyl groups excluding tert-OH is 1. The van der Waals surface area contributed by atoms with Crippen LogP contribution in [0, 0.1) is 0 Å². The molecule has 0 radical (unpaired) electrons. The van der Waals surface area contributed by atoms with Crippen LogP contribution in [0.4, 0.5) is 5.82 Å². The van der Waals surface area contributed by atoms with Gasteiger partial charge in [0.2, 0.25) is 5.88 Å². The van der Waals surface area contributed by atoms with Crippen LogP contribution in [0.15, 0.2) is 59.5 Å². The Morgan fingerprint density at radius 3 is 2.45 bits per heavy atom. The molecule has 0 aliphatic rings. The number of ether oxygens (including phenoxy) is 1. The number of benzene rings is 2. The molecule has 2 aromatic heterocycles. The minimum atomic E-state index is -3.88. The molecule has 0 fully saturated rings. The summed E-state index contributed by atoms with van der Waals surface area (Å²) in [6.45, 7) is 6.11. The van der Waals surface area contributed by atoms with Crippen molar-refractivity contribution in [3.05, 3.63) is 60.2 Å². The third-order valence-electron chi connectivity index (χ3n) is 5.28. The summed E-state index contributed by atoms with van der Waals surface area (Å²) in [4.78, 5) is 0.981. The first-order valence-electron chi connectivity index (χ1n) is 10.5. The zero-order chi connectivity index (χ0) is 23.8. The van der Waals surface area contributed by atoms with E-state index >= 15 is 0 Å². The Balaban J connectivity index is 1.77. The zero-order valence-electron chi connectivity index (χ0n) is 19.0. The quantitative estimate of drug-likeness (QED) is 0.393. The summed E-state index contributed by atoms with van der Waals surface area (Å²) in [5.74, 6) is 0.563. The first kappa shape index (κ1) is 23.3. The molecule has 174 valence electrons. The van der Waals surface area contributed by atoms with Crippen LogP contribution in [-0.4, -0.2) is 36.5 Å². The van der Waals surface area contributed by atoms with Crippen LogP contribution in [0.3, 0.4) is 0 Å². The van der Waals surface area contributed by atoms with Crippen LogP contribution in [-0.2, 0) is 22.5 Å². The Kier molecular flexibility index (Phi) is 6.22. The van der Waals surface area contributed by atoms with Crippen LogP contribution in [0.5, 0.6) is 5.88 Å². The predicted molar refractivity (Wildman–Crippen MR) is 133 cm³/mol. The summed E-state index contributed by atoms with van der Waals surface area (Å²) < 4.78 is 37.4. The van der Waals surface area contributed by atoms with E-state index in [-0.39, 0.29) is 29.4 Å². The zero-order valence-corrected chi connectivity index (χ0v) is 20.6. The molecule has 33 heavy (non-hydrogen) atoms. The third kappa shape index (κ3) is 4.75. The summed E-state index contributed by atoms with van der Waals surface area (Å²) >= 11 is 1.52. The second kappa shape index (κ2) is 8.81. The summed E-state index contributed by atoms with van der Waals surface area (Å²) in [6.07, 6.45) is 0. The van der Waals surface area contributed by atoms with Gasteiger partial charge in [0.25, 0.3) is 10.0 Å². The molecule has 0 aliphatic carbocycles. The van der Waals surface area contributed by atoms with Gasteiger partial charge in [-0.15, -0.1) is 16.4 Å². The normalized spacial score (nSPS) is 12.3. The molecular weight excluding hydrogens is 458 g/mol. The van der Waals surface area contributed by atoms with Gasteiger partial charge in [-0.1, -0.05) is 51.1 Å². The number of aromatic nitrogens is 2. The van der Waals surface area contributed by atoms with Gasteiger partial charge in [0.05, 0.1) is 17.1 Å².